The first kappa shape index (κ1) is 16.5. The lowest BCUT2D eigenvalue weighted by Crippen LogP contribution is -2.03. The summed E-state index contributed by atoms with van der Waals surface area (Å²) in [7, 11) is 1.36. The Balaban J connectivity index is 2.15. The van der Waals surface area contributed by atoms with Crippen LogP contribution in [0.5, 0.6) is 5.75 Å². The number of rotatable bonds is 4. The molecule has 2 aromatic rings. The van der Waals surface area contributed by atoms with Crippen LogP contribution in [0, 0.1) is 0 Å². The topological polar surface area (TPSA) is 35.5 Å². The van der Waals surface area contributed by atoms with Crippen LogP contribution in [0.4, 0.5) is 0 Å². The zero-order chi connectivity index (χ0) is 15.4. The second-order valence-electron chi connectivity index (χ2n) is 4.18. The van der Waals surface area contributed by atoms with E-state index in [1.54, 1.807) is 18.2 Å². The van der Waals surface area contributed by atoms with Crippen LogP contribution in [-0.4, -0.2) is 13.1 Å². The van der Waals surface area contributed by atoms with Gasteiger partial charge in [-0.05, 0) is 61.7 Å². The van der Waals surface area contributed by atoms with Gasteiger partial charge < -0.3 is 9.47 Å². The molecule has 0 radical (unpaired) electrons. The van der Waals surface area contributed by atoms with Crippen molar-refractivity contribution in [2.75, 3.05) is 7.11 Å². The highest BCUT2D eigenvalue weighted by atomic mass is 79.9. The van der Waals surface area contributed by atoms with Crippen molar-refractivity contribution in [3.8, 4) is 5.75 Å². The number of carbonyl (C=O) groups is 1. The maximum Gasteiger partial charge on any atom is 0.337 e. The maximum absolute atomic E-state index is 11.5. The Bertz CT molecular complexity index is 648. The first-order valence-corrected chi connectivity index (χ1v) is 8.33. The molecule has 0 saturated carbocycles. The van der Waals surface area contributed by atoms with E-state index in [2.05, 4.69) is 47.8 Å². The van der Waals surface area contributed by atoms with E-state index in [1.807, 2.05) is 18.2 Å². The second kappa shape index (κ2) is 7.42. The number of esters is 1. The maximum atomic E-state index is 11.5. The van der Waals surface area contributed by atoms with Gasteiger partial charge in [-0.3, -0.25) is 0 Å². The smallest absolute Gasteiger partial charge is 0.337 e. The standard InChI is InChI=1S/C15H11Br3O3/c1-20-15(19)10-4-2-3-9(5-10)8-21-14-12(17)6-11(16)7-13(14)18/h2-7H,8H2,1H3. The second-order valence-corrected chi connectivity index (χ2v) is 6.80. The van der Waals surface area contributed by atoms with E-state index in [-0.39, 0.29) is 5.97 Å². The lowest BCUT2D eigenvalue weighted by atomic mass is 10.1. The Hall–Kier alpha value is -0.850. The molecule has 0 N–H and O–H groups in total. The molecule has 0 aliphatic heterocycles. The number of hydrogen-bond donors (Lipinski definition) is 0. The normalized spacial score (nSPS) is 10.3. The van der Waals surface area contributed by atoms with Crippen molar-refractivity contribution in [2.24, 2.45) is 0 Å². The van der Waals surface area contributed by atoms with Crippen LogP contribution in [0.2, 0.25) is 0 Å². The average molecular weight is 479 g/mol. The third-order valence-electron chi connectivity index (χ3n) is 2.69. The van der Waals surface area contributed by atoms with Gasteiger partial charge in [-0.1, -0.05) is 28.1 Å². The van der Waals surface area contributed by atoms with Crippen LogP contribution >= 0.6 is 47.8 Å². The minimum Gasteiger partial charge on any atom is -0.487 e. The zero-order valence-corrected chi connectivity index (χ0v) is 15.8. The quantitative estimate of drug-likeness (QED) is 0.556. The fraction of sp³-hybridized carbons (Fsp3) is 0.133. The van der Waals surface area contributed by atoms with Crippen LogP contribution in [-0.2, 0) is 11.3 Å². The summed E-state index contributed by atoms with van der Waals surface area (Å²) in [6.45, 7) is 0.351. The Kier molecular flexibility index (Phi) is 5.84. The molecule has 0 amide bonds. The van der Waals surface area contributed by atoms with Gasteiger partial charge in [0.15, 0.2) is 0 Å². The monoisotopic (exact) mass is 476 g/mol. The van der Waals surface area contributed by atoms with E-state index in [4.69, 9.17) is 9.47 Å². The van der Waals surface area contributed by atoms with E-state index in [0.29, 0.717) is 17.9 Å². The molecule has 3 nitrogen and oxygen atoms in total. The summed E-state index contributed by atoms with van der Waals surface area (Å²) >= 11 is 10.3. The molecule has 110 valence electrons. The first-order valence-electron chi connectivity index (χ1n) is 5.96. The minimum absolute atomic E-state index is 0.351. The van der Waals surface area contributed by atoms with Crippen LogP contribution < -0.4 is 4.74 Å². The van der Waals surface area contributed by atoms with Crippen LogP contribution in [0.25, 0.3) is 0 Å². The van der Waals surface area contributed by atoms with Crippen molar-refractivity contribution in [2.45, 2.75) is 6.61 Å². The molecule has 2 rings (SSSR count). The van der Waals surface area contributed by atoms with E-state index in [1.165, 1.54) is 7.11 Å². The molecule has 0 aliphatic carbocycles. The molecule has 0 unspecified atom stereocenters. The average Bonchev–Trinajstić information content (AvgIpc) is 2.45. The number of methoxy groups -OCH3 is 1. The third-order valence-corrected chi connectivity index (χ3v) is 4.33. The molecule has 0 aromatic heterocycles. The highest BCUT2D eigenvalue weighted by Gasteiger charge is 2.10. The van der Waals surface area contributed by atoms with Crippen molar-refractivity contribution in [3.05, 3.63) is 60.9 Å². The molecule has 0 aliphatic rings. The Morgan fingerprint density at radius 2 is 1.76 bits per heavy atom. The molecule has 0 bridgehead atoms. The Morgan fingerprint density at radius 3 is 2.38 bits per heavy atom. The molecule has 2 aromatic carbocycles. The molecule has 21 heavy (non-hydrogen) atoms. The van der Waals surface area contributed by atoms with Gasteiger partial charge in [0.05, 0.1) is 21.6 Å². The van der Waals surface area contributed by atoms with Crippen LogP contribution in [0.15, 0.2) is 49.8 Å². The zero-order valence-electron chi connectivity index (χ0n) is 11.0. The van der Waals surface area contributed by atoms with Gasteiger partial charge in [-0.15, -0.1) is 0 Å². The predicted octanol–water partition coefficient (Wildman–Crippen LogP) is 5.34. The molecular formula is C15H11Br3O3. The molecule has 0 heterocycles. The van der Waals surface area contributed by atoms with E-state index < -0.39 is 0 Å². The largest absolute Gasteiger partial charge is 0.487 e. The summed E-state index contributed by atoms with van der Waals surface area (Å²) in [5.41, 5.74) is 1.40. The fourth-order valence-corrected chi connectivity index (χ4v) is 4.22. The number of ether oxygens (including phenoxy) is 2. The number of halogens is 3. The van der Waals surface area contributed by atoms with Gasteiger partial charge in [0.25, 0.3) is 0 Å². The van der Waals surface area contributed by atoms with Crippen LogP contribution in [0.1, 0.15) is 15.9 Å². The highest BCUT2D eigenvalue weighted by molar-refractivity contribution is 9.11. The first-order chi connectivity index (χ1) is 10.0. The predicted molar refractivity (Wildman–Crippen MR) is 91.7 cm³/mol. The minimum atomic E-state index is -0.358. The molecule has 0 fully saturated rings. The summed E-state index contributed by atoms with van der Waals surface area (Å²) < 4.78 is 13.1. The van der Waals surface area contributed by atoms with Crippen molar-refractivity contribution < 1.29 is 14.3 Å². The number of benzene rings is 2. The van der Waals surface area contributed by atoms with Gasteiger partial charge in [0.1, 0.15) is 12.4 Å². The lowest BCUT2D eigenvalue weighted by molar-refractivity contribution is 0.0600. The van der Waals surface area contributed by atoms with E-state index in [0.717, 1.165) is 19.0 Å². The van der Waals surface area contributed by atoms with E-state index >= 15 is 0 Å². The van der Waals surface area contributed by atoms with Gasteiger partial charge in [0.2, 0.25) is 0 Å². The summed E-state index contributed by atoms with van der Waals surface area (Å²) in [5.74, 6) is 0.351. The molecule has 0 atom stereocenters. The fourth-order valence-electron chi connectivity index (χ4n) is 1.73. The molecule has 0 spiro atoms. The molecule has 6 heteroatoms. The van der Waals surface area contributed by atoms with Gasteiger partial charge >= 0.3 is 5.97 Å². The van der Waals surface area contributed by atoms with Crippen molar-refractivity contribution in [3.63, 3.8) is 0 Å². The van der Waals surface area contributed by atoms with Gasteiger partial charge in [-0.2, -0.15) is 0 Å². The van der Waals surface area contributed by atoms with Crippen molar-refractivity contribution in [1.82, 2.24) is 0 Å². The summed E-state index contributed by atoms with van der Waals surface area (Å²) in [6, 6.07) is 11.0. The third kappa shape index (κ3) is 4.31. The van der Waals surface area contributed by atoms with E-state index in [9.17, 15) is 4.79 Å². The van der Waals surface area contributed by atoms with Gasteiger partial charge in [0, 0.05) is 4.47 Å². The highest BCUT2D eigenvalue weighted by Crippen LogP contribution is 2.36. The summed E-state index contributed by atoms with van der Waals surface area (Å²) in [4.78, 5) is 11.5. The summed E-state index contributed by atoms with van der Waals surface area (Å²) in [5, 5.41) is 0. The van der Waals surface area contributed by atoms with Gasteiger partial charge in [-0.25, -0.2) is 4.79 Å². The Labute approximate surface area is 148 Å². The Morgan fingerprint density at radius 1 is 1.10 bits per heavy atom. The molecule has 0 saturated heterocycles. The molecular weight excluding hydrogens is 468 g/mol. The number of carbonyl (C=O) groups excluding carboxylic acids is 1. The van der Waals surface area contributed by atoms with Crippen molar-refractivity contribution in [1.29, 1.82) is 0 Å². The van der Waals surface area contributed by atoms with Crippen molar-refractivity contribution >= 4 is 53.8 Å². The SMILES string of the molecule is COC(=O)c1cccc(COc2c(Br)cc(Br)cc2Br)c1. The van der Waals surface area contributed by atoms with Crippen LogP contribution in [0.3, 0.4) is 0 Å². The summed E-state index contributed by atoms with van der Waals surface area (Å²) in [6.07, 6.45) is 0. The number of hydrogen-bond acceptors (Lipinski definition) is 3. The lowest BCUT2D eigenvalue weighted by Gasteiger charge is -2.11.